The van der Waals surface area contributed by atoms with E-state index in [1.54, 1.807) is 0 Å². The Morgan fingerprint density at radius 1 is 1.45 bits per heavy atom. The molecular weight excluding hydrogens is 280 g/mol. The van der Waals surface area contributed by atoms with Crippen molar-refractivity contribution in [3.63, 3.8) is 0 Å². The topological polar surface area (TPSA) is 98.5 Å². The lowest BCUT2D eigenvalue weighted by atomic mass is 10.2. The Hall–Kier alpha value is -2.35. The van der Waals surface area contributed by atoms with Gasteiger partial charge in [-0.05, 0) is 12.1 Å². The molecule has 0 amide bonds. The van der Waals surface area contributed by atoms with Crippen LogP contribution in [0.25, 0.3) is 0 Å². The van der Waals surface area contributed by atoms with E-state index in [0.29, 0.717) is 10.9 Å². The lowest BCUT2D eigenvalue weighted by Crippen LogP contribution is -2.41. The SMILES string of the molecule is CO/N=C(/C(=O)[O-])C1=NNC(=Nc2ccccc2)SC1. The number of nitrogens with zero attached hydrogens (tertiary/aromatic N) is 3. The Labute approximate surface area is 119 Å². The summed E-state index contributed by atoms with van der Waals surface area (Å²) in [6.45, 7) is 0. The molecule has 0 aromatic heterocycles. The Bertz CT molecular complexity index is 584. The zero-order valence-corrected chi connectivity index (χ0v) is 11.4. The second kappa shape index (κ2) is 6.71. The predicted octanol–water partition coefficient (Wildman–Crippen LogP) is 0.119. The van der Waals surface area contributed by atoms with Crippen molar-refractivity contribution in [2.75, 3.05) is 12.9 Å². The van der Waals surface area contributed by atoms with E-state index in [1.807, 2.05) is 30.3 Å². The van der Waals surface area contributed by atoms with Crippen LogP contribution in [-0.4, -0.2) is 35.4 Å². The molecule has 1 N–H and O–H groups in total. The summed E-state index contributed by atoms with van der Waals surface area (Å²) in [5.74, 6) is -1.12. The van der Waals surface area contributed by atoms with E-state index in [9.17, 15) is 9.90 Å². The Balaban J connectivity index is 2.12. The third-order valence-corrected chi connectivity index (χ3v) is 3.14. The second-order valence-corrected chi connectivity index (χ2v) is 4.59. The minimum Gasteiger partial charge on any atom is -0.543 e. The molecule has 0 saturated heterocycles. The third-order valence-electron chi connectivity index (χ3n) is 2.27. The average Bonchev–Trinajstić information content (AvgIpc) is 2.47. The molecule has 104 valence electrons. The first-order valence-corrected chi connectivity index (χ1v) is 6.61. The normalized spacial score (nSPS) is 17.4. The molecule has 1 heterocycles. The van der Waals surface area contributed by atoms with Gasteiger partial charge in [-0.15, -0.1) is 0 Å². The van der Waals surface area contributed by atoms with Gasteiger partial charge in [0.05, 0.1) is 11.7 Å². The average molecular weight is 291 g/mol. The lowest BCUT2D eigenvalue weighted by molar-refractivity contribution is -0.294. The number of aliphatic imine (C=N–C) groups is 1. The molecule has 1 aromatic rings. The monoisotopic (exact) mass is 291 g/mol. The molecule has 1 aliphatic heterocycles. The highest BCUT2D eigenvalue weighted by Gasteiger charge is 2.18. The number of amidine groups is 1. The van der Waals surface area contributed by atoms with E-state index in [4.69, 9.17) is 0 Å². The summed E-state index contributed by atoms with van der Waals surface area (Å²) in [5, 5.41) is 18.8. The second-order valence-electron chi connectivity index (χ2n) is 3.62. The van der Waals surface area contributed by atoms with E-state index in [0.717, 1.165) is 5.69 Å². The maximum atomic E-state index is 10.9. The molecule has 8 heteroatoms. The number of nitrogens with one attached hydrogen (secondary N) is 1. The summed E-state index contributed by atoms with van der Waals surface area (Å²) < 4.78 is 0. The Morgan fingerprint density at radius 2 is 2.20 bits per heavy atom. The fourth-order valence-electron chi connectivity index (χ4n) is 1.41. The summed E-state index contributed by atoms with van der Waals surface area (Å²) in [6.07, 6.45) is 0. The van der Waals surface area contributed by atoms with Crippen molar-refractivity contribution in [2.24, 2.45) is 15.2 Å². The molecule has 0 radical (unpaired) electrons. The van der Waals surface area contributed by atoms with Gasteiger partial charge in [-0.3, -0.25) is 5.43 Å². The molecule has 20 heavy (non-hydrogen) atoms. The number of carboxylic acids is 1. The number of hydrazone groups is 1. The van der Waals surface area contributed by atoms with Gasteiger partial charge in [-0.1, -0.05) is 35.1 Å². The molecule has 0 fully saturated rings. The summed E-state index contributed by atoms with van der Waals surface area (Å²) in [5.41, 5.74) is 3.38. The van der Waals surface area contributed by atoms with Gasteiger partial charge in [0.25, 0.3) is 0 Å². The number of carboxylic acid groups (broad SMARTS) is 1. The van der Waals surface area contributed by atoms with Crippen molar-refractivity contribution in [3.8, 4) is 0 Å². The number of rotatable bonds is 4. The van der Waals surface area contributed by atoms with Gasteiger partial charge >= 0.3 is 0 Å². The first-order chi connectivity index (χ1) is 9.70. The highest BCUT2D eigenvalue weighted by atomic mass is 32.2. The molecule has 0 saturated carbocycles. The number of benzene rings is 1. The number of hydrogen-bond acceptors (Lipinski definition) is 7. The molecular formula is C12H11N4O3S-. The number of aliphatic carboxylic acids is 1. The van der Waals surface area contributed by atoms with Crippen LogP contribution >= 0.6 is 11.8 Å². The van der Waals surface area contributed by atoms with Crippen LogP contribution in [0.5, 0.6) is 0 Å². The van der Waals surface area contributed by atoms with Crippen molar-refractivity contribution in [1.82, 2.24) is 5.43 Å². The van der Waals surface area contributed by atoms with E-state index in [2.05, 4.69) is 25.5 Å². The van der Waals surface area contributed by atoms with E-state index in [1.165, 1.54) is 18.9 Å². The number of hydrogen-bond donors (Lipinski definition) is 1. The smallest absolute Gasteiger partial charge is 0.182 e. The van der Waals surface area contributed by atoms with Crippen molar-refractivity contribution < 1.29 is 14.7 Å². The van der Waals surface area contributed by atoms with Crippen molar-refractivity contribution in [2.45, 2.75) is 0 Å². The van der Waals surface area contributed by atoms with Crippen LogP contribution in [-0.2, 0) is 9.63 Å². The molecule has 0 atom stereocenters. The Kier molecular flexibility index (Phi) is 4.72. The van der Waals surface area contributed by atoms with Crippen LogP contribution in [0.1, 0.15) is 0 Å². The number of oxime groups is 1. The van der Waals surface area contributed by atoms with Gasteiger partial charge in [0.1, 0.15) is 18.5 Å². The van der Waals surface area contributed by atoms with Gasteiger partial charge in [-0.2, -0.15) is 5.10 Å². The Morgan fingerprint density at radius 3 is 2.75 bits per heavy atom. The number of carbonyl (C=O) groups excluding carboxylic acids is 1. The van der Waals surface area contributed by atoms with E-state index < -0.39 is 5.97 Å². The number of para-hydroxylation sites is 1. The van der Waals surface area contributed by atoms with E-state index in [-0.39, 0.29) is 11.4 Å². The van der Waals surface area contributed by atoms with Crippen LogP contribution in [0.2, 0.25) is 0 Å². The van der Waals surface area contributed by atoms with Crippen LogP contribution in [0.3, 0.4) is 0 Å². The zero-order chi connectivity index (χ0) is 14.4. The predicted molar refractivity (Wildman–Crippen MR) is 76.0 cm³/mol. The molecule has 0 unspecified atom stereocenters. The minimum absolute atomic E-state index is 0.240. The lowest BCUT2D eigenvalue weighted by Gasteiger charge is -2.16. The van der Waals surface area contributed by atoms with Gasteiger partial charge in [0.15, 0.2) is 5.17 Å². The van der Waals surface area contributed by atoms with Crippen LogP contribution in [0.4, 0.5) is 5.69 Å². The third kappa shape index (κ3) is 3.58. The summed E-state index contributed by atoms with van der Waals surface area (Å²) >= 11 is 1.32. The fraction of sp³-hybridized carbons (Fsp3) is 0.167. The number of thioether (sulfide) groups is 1. The quantitative estimate of drug-likeness (QED) is 0.627. The standard InChI is InChI=1S/C12H12N4O3S/c1-19-16-10(11(17)18)9-7-20-12(15-14-9)13-8-5-3-2-4-6-8/h2-6H,7H2,1H3,(H,13,15)(H,17,18)/p-1/b16-10+. The molecule has 2 rings (SSSR count). The minimum atomic E-state index is -1.43. The van der Waals surface area contributed by atoms with Crippen LogP contribution in [0.15, 0.2) is 45.6 Å². The molecule has 0 aliphatic carbocycles. The molecule has 1 aliphatic rings. The van der Waals surface area contributed by atoms with Crippen LogP contribution < -0.4 is 10.5 Å². The first kappa shape index (κ1) is 14.1. The molecule has 7 nitrogen and oxygen atoms in total. The van der Waals surface area contributed by atoms with Gasteiger partial charge in [-0.25, -0.2) is 4.99 Å². The van der Waals surface area contributed by atoms with Crippen molar-refractivity contribution >= 4 is 40.0 Å². The zero-order valence-electron chi connectivity index (χ0n) is 10.6. The fourth-order valence-corrected chi connectivity index (χ4v) is 2.17. The maximum absolute atomic E-state index is 10.9. The summed E-state index contributed by atoms with van der Waals surface area (Å²) in [7, 11) is 1.26. The molecule has 0 bridgehead atoms. The summed E-state index contributed by atoms with van der Waals surface area (Å²) in [4.78, 5) is 19.7. The van der Waals surface area contributed by atoms with E-state index >= 15 is 0 Å². The van der Waals surface area contributed by atoms with Crippen molar-refractivity contribution in [3.05, 3.63) is 30.3 Å². The van der Waals surface area contributed by atoms with Crippen LogP contribution in [0, 0.1) is 0 Å². The first-order valence-electron chi connectivity index (χ1n) is 5.62. The number of carbonyl (C=O) groups is 1. The molecule has 0 spiro atoms. The summed E-state index contributed by atoms with van der Waals surface area (Å²) in [6, 6.07) is 9.36. The maximum Gasteiger partial charge on any atom is 0.182 e. The highest BCUT2D eigenvalue weighted by molar-refractivity contribution is 8.14. The van der Waals surface area contributed by atoms with Gasteiger partial charge in [0, 0.05) is 5.75 Å². The van der Waals surface area contributed by atoms with Gasteiger partial charge in [0.2, 0.25) is 0 Å². The molecule has 1 aromatic carbocycles. The largest absolute Gasteiger partial charge is 0.543 e. The van der Waals surface area contributed by atoms with Gasteiger partial charge < -0.3 is 14.7 Å². The highest BCUT2D eigenvalue weighted by Crippen LogP contribution is 2.16. The van der Waals surface area contributed by atoms with Crippen molar-refractivity contribution in [1.29, 1.82) is 0 Å².